The molecular formula is C24H29NO. The second-order valence-electron chi connectivity index (χ2n) is 8.24. The van der Waals surface area contributed by atoms with Gasteiger partial charge in [-0.1, -0.05) is 69.3 Å². The Hall–Kier alpha value is -2.32. The fraction of sp³-hybridized carbons (Fsp3) is 0.333. The lowest BCUT2D eigenvalue weighted by Gasteiger charge is -2.25. The lowest BCUT2D eigenvalue weighted by molar-refractivity contribution is 0.306. The van der Waals surface area contributed by atoms with Gasteiger partial charge in [0.25, 0.3) is 0 Å². The van der Waals surface area contributed by atoms with Crippen molar-refractivity contribution >= 4 is 10.8 Å². The van der Waals surface area contributed by atoms with E-state index in [1.54, 1.807) is 0 Å². The molecule has 0 saturated carbocycles. The minimum Gasteiger partial charge on any atom is -0.489 e. The van der Waals surface area contributed by atoms with Crippen molar-refractivity contribution in [2.24, 2.45) is 11.1 Å². The Morgan fingerprint density at radius 3 is 2.23 bits per heavy atom. The van der Waals surface area contributed by atoms with Gasteiger partial charge in [0.1, 0.15) is 12.4 Å². The predicted octanol–water partition coefficient (Wildman–Crippen LogP) is 5.90. The summed E-state index contributed by atoms with van der Waals surface area (Å²) in [4.78, 5) is 0. The molecule has 1 atom stereocenters. The van der Waals surface area contributed by atoms with Crippen LogP contribution in [0.5, 0.6) is 5.75 Å². The van der Waals surface area contributed by atoms with E-state index in [9.17, 15) is 0 Å². The first-order valence-electron chi connectivity index (χ1n) is 9.35. The monoisotopic (exact) mass is 347 g/mol. The molecule has 26 heavy (non-hydrogen) atoms. The Balaban J connectivity index is 1.65. The first-order chi connectivity index (χ1) is 12.4. The van der Waals surface area contributed by atoms with Gasteiger partial charge in [0.15, 0.2) is 0 Å². The maximum Gasteiger partial charge on any atom is 0.119 e. The highest BCUT2D eigenvalue weighted by atomic mass is 16.5. The van der Waals surface area contributed by atoms with E-state index < -0.39 is 0 Å². The topological polar surface area (TPSA) is 35.2 Å². The van der Waals surface area contributed by atoms with E-state index >= 15 is 0 Å². The van der Waals surface area contributed by atoms with Crippen LogP contribution in [-0.2, 0) is 6.61 Å². The fourth-order valence-electron chi connectivity index (χ4n) is 3.41. The van der Waals surface area contributed by atoms with Crippen LogP contribution in [0.1, 0.15) is 44.2 Å². The van der Waals surface area contributed by atoms with Gasteiger partial charge in [-0.05, 0) is 64.4 Å². The normalized spacial score (nSPS) is 12.9. The molecule has 0 spiro atoms. The first-order valence-corrected chi connectivity index (χ1v) is 9.35. The summed E-state index contributed by atoms with van der Waals surface area (Å²) in [5, 5.41) is 2.50. The third-order valence-electron chi connectivity index (χ3n) is 4.71. The molecule has 0 aromatic heterocycles. The Kier molecular flexibility index (Phi) is 5.63. The molecule has 0 heterocycles. The van der Waals surface area contributed by atoms with Crippen molar-refractivity contribution in [3.8, 4) is 5.75 Å². The summed E-state index contributed by atoms with van der Waals surface area (Å²) in [7, 11) is 0. The SMILES string of the molecule is CC(C)(C)CC(CN)c1ccc(OCc2ccc3ccccc3c2)cc1. The fourth-order valence-corrected chi connectivity index (χ4v) is 3.41. The van der Waals surface area contributed by atoms with Gasteiger partial charge in [0.05, 0.1) is 0 Å². The van der Waals surface area contributed by atoms with Gasteiger partial charge in [-0.15, -0.1) is 0 Å². The van der Waals surface area contributed by atoms with Gasteiger partial charge in [-0.25, -0.2) is 0 Å². The van der Waals surface area contributed by atoms with Crippen LogP contribution in [0.15, 0.2) is 66.7 Å². The van der Waals surface area contributed by atoms with E-state index in [2.05, 4.69) is 87.5 Å². The summed E-state index contributed by atoms with van der Waals surface area (Å²) >= 11 is 0. The number of hydrogen-bond donors (Lipinski definition) is 1. The molecule has 0 fully saturated rings. The van der Waals surface area contributed by atoms with E-state index in [0.717, 1.165) is 12.2 Å². The predicted molar refractivity (Wildman–Crippen MR) is 111 cm³/mol. The molecule has 0 aliphatic carbocycles. The molecule has 3 aromatic rings. The molecule has 0 aliphatic rings. The maximum absolute atomic E-state index is 6.00. The van der Waals surface area contributed by atoms with Crippen LogP contribution in [-0.4, -0.2) is 6.54 Å². The quantitative estimate of drug-likeness (QED) is 0.603. The highest BCUT2D eigenvalue weighted by Crippen LogP contribution is 2.31. The van der Waals surface area contributed by atoms with Crippen molar-refractivity contribution in [1.29, 1.82) is 0 Å². The van der Waals surface area contributed by atoms with Crippen LogP contribution < -0.4 is 10.5 Å². The summed E-state index contributed by atoms with van der Waals surface area (Å²) in [5.74, 6) is 1.29. The minimum absolute atomic E-state index is 0.273. The van der Waals surface area contributed by atoms with Crippen molar-refractivity contribution in [3.63, 3.8) is 0 Å². The smallest absolute Gasteiger partial charge is 0.119 e. The summed E-state index contributed by atoms with van der Waals surface area (Å²) in [5.41, 5.74) is 8.74. The average Bonchev–Trinajstić information content (AvgIpc) is 2.64. The van der Waals surface area contributed by atoms with Gasteiger partial charge in [0, 0.05) is 0 Å². The minimum atomic E-state index is 0.273. The Bertz CT molecular complexity index is 846. The highest BCUT2D eigenvalue weighted by Gasteiger charge is 2.19. The second-order valence-corrected chi connectivity index (χ2v) is 8.24. The zero-order valence-corrected chi connectivity index (χ0v) is 16.0. The van der Waals surface area contributed by atoms with Crippen molar-refractivity contribution in [1.82, 2.24) is 0 Å². The van der Waals surface area contributed by atoms with Crippen LogP contribution in [0.3, 0.4) is 0 Å². The molecular weight excluding hydrogens is 318 g/mol. The van der Waals surface area contributed by atoms with Gasteiger partial charge in [-0.3, -0.25) is 0 Å². The molecule has 0 aliphatic heterocycles. The van der Waals surface area contributed by atoms with Crippen LogP contribution in [0.2, 0.25) is 0 Å². The molecule has 2 heteroatoms. The molecule has 0 bridgehead atoms. The summed E-state index contributed by atoms with van der Waals surface area (Å²) < 4.78 is 5.98. The zero-order chi connectivity index (χ0) is 18.6. The molecule has 0 amide bonds. The summed E-state index contributed by atoms with van der Waals surface area (Å²) in [6.07, 6.45) is 1.08. The van der Waals surface area contributed by atoms with Gasteiger partial charge in [0.2, 0.25) is 0 Å². The Morgan fingerprint density at radius 1 is 0.885 bits per heavy atom. The molecule has 2 nitrogen and oxygen atoms in total. The van der Waals surface area contributed by atoms with Crippen LogP contribution in [0.4, 0.5) is 0 Å². The Labute approximate surface area is 157 Å². The van der Waals surface area contributed by atoms with Crippen LogP contribution in [0, 0.1) is 5.41 Å². The van der Waals surface area contributed by atoms with Crippen molar-refractivity contribution < 1.29 is 4.74 Å². The van der Waals surface area contributed by atoms with E-state index in [-0.39, 0.29) is 5.41 Å². The van der Waals surface area contributed by atoms with Gasteiger partial charge >= 0.3 is 0 Å². The van der Waals surface area contributed by atoms with Crippen molar-refractivity contribution in [3.05, 3.63) is 77.9 Å². The van der Waals surface area contributed by atoms with Crippen LogP contribution >= 0.6 is 0 Å². The van der Waals surface area contributed by atoms with Crippen molar-refractivity contribution in [2.45, 2.75) is 39.7 Å². The number of hydrogen-bond acceptors (Lipinski definition) is 2. The first kappa shape index (κ1) is 18.5. The summed E-state index contributed by atoms with van der Waals surface area (Å²) in [6.45, 7) is 8.03. The largest absolute Gasteiger partial charge is 0.489 e. The molecule has 0 radical (unpaired) electrons. The van der Waals surface area contributed by atoms with E-state index in [4.69, 9.17) is 10.5 Å². The van der Waals surface area contributed by atoms with Gasteiger partial charge < -0.3 is 10.5 Å². The number of rotatable bonds is 6. The van der Waals surface area contributed by atoms with Crippen LogP contribution in [0.25, 0.3) is 10.8 Å². The molecule has 136 valence electrons. The molecule has 2 N–H and O–H groups in total. The van der Waals surface area contributed by atoms with E-state index in [0.29, 0.717) is 19.1 Å². The third kappa shape index (κ3) is 4.86. The molecule has 1 unspecified atom stereocenters. The Morgan fingerprint density at radius 2 is 1.58 bits per heavy atom. The maximum atomic E-state index is 6.00. The lowest BCUT2D eigenvalue weighted by Crippen LogP contribution is -2.19. The van der Waals surface area contributed by atoms with Gasteiger partial charge in [-0.2, -0.15) is 0 Å². The number of fused-ring (bicyclic) bond motifs is 1. The number of nitrogens with two attached hydrogens (primary N) is 1. The number of ether oxygens (including phenoxy) is 1. The lowest BCUT2D eigenvalue weighted by atomic mass is 9.81. The molecule has 0 saturated heterocycles. The second kappa shape index (κ2) is 7.92. The molecule has 3 aromatic carbocycles. The number of benzene rings is 3. The summed E-state index contributed by atoms with van der Waals surface area (Å²) in [6, 6.07) is 23.3. The highest BCUT2D eigenvalue weighted by molar-refractivity contribution is 5.82. The van der Waals surface area contributed by atoms with E-state index in [1.807, 2.05) is 0 Å². The van der Waals surface area contributed by atoms with E-state index in [1.165, 1.54) is 21.9 Å². The zero-order valence-electron chi connectivity index (χ0n) is 16.0. The average molecular weight is 348 g/mol. The standard InChI is InChI=1S/C24H29NO/c1-24(2,3)15-22(16-25)20-10-12-23(13-11-20)26-17-18-8-9-19-6-4-5-7-21(19)14-18/h4-14,22H,15-17,25H2,1-3H3. The van der Waals surface area contributed by atoms with Crippen molar-refractivity contribution in [2.75, 3.05) is 6.54 Å². The molecule has 3 rings (SSSR count). The third-order valence-corrected chi connectivity index (χ3v) is 4.71.